The van der Waals surface area contributed by atoms with Crippen LogP contribution in [-0.2, 0) is 6.42 Å². The summed E-state index contributed by atoms with van der Waals surface area (Å²) in [7, 11) is 0. The highest BCUT2D eigenvalue weighted by atomic mass is 19.1. The highest BCUT2D eigenvalue weighted by Gasteiger charge is 2.39. The number of halogens is 2. The van der Waals surface area contributed by atoms with E-state index in [-0.39, 0.29) is 11.6 Å². The van der Waals surface area contributed by atoms with E-state index in [1.807, 2.05) is 0 Å². The van der Waals surface area contributed by atoms with Crippen molar-refractivity contribution in [3.05, 3.63) is 34.9 Å². The van der Waals surface area contributed by atoms with Crippen LogP contribution in [0, 0.1) is 41.2 Å². The standard InChI is InChI=1S/C31H48F2/c1-3-5-7-8-22-10-12-23(13-11-22)24-14-15-26-19-27(17-16-25(26)18-24)28-20-30(32)29(9-6-4-2)31(33)21-28/h20-27H,3-19H2,1-2H3. The zero-order valence-electron chi connectivity index (χ0n) is 21.4. The van der Waals surface area contributed by atoms with Crippen molar-refractivity contribution in [2.75, 3.05) is 0 Å². The summed E-state index contributed by atoms with van der Waals surface area (Å²) in [6.07, 6.45) is 21.6. The maximum absolute atomic E-state index is 14.7. The van der Waals surface area contributed by atoms with Crippen molar-refractivity contribution in [1.29, 1.82) is 0 Å². The SMILES string of the molecule is CCCCCC1CCC(C2CCC3CC(c4cc(F)c(CCCC)c(F)c4)CCC3C2)CC1. The molecule has 0 saturated heterocycles. The van der Waals surface area contributed by atoms with E-state index >= 15 is 0 Å². The van der Waals surface area contributed by atoms with E-state index in [1.54, 1.807) is 12.1 Å². The molecule has 4 atom stereocenters. The second kappa shape index (κ2) is 12.2. The lowest BCUT2D eigenvalue weighted by Crippen LogP contribution is -2.34. The summed E-state index contributed by atoms with van der Waals surface area (Å²) in [6, 6.07) is 3.34. The summed E-state index contributed by atoms with van der Waals surface area (Å²) >= 11 is 0. The third kappa shape index (κ3) is 6.40. The minimum absolute atomic E-state index is 0.301. The van der Waals surface area contributed by atoms with Gasteiger partial charge in [0, 0.05) is 5.56 Å². The molecule has 0 nitrogen and oxygen atoms in total. The Balaban J connectivity index is 1.27. The van der Waals surface area contributed by atoms with E-state index in [0.717, 1.165) is 60.8 Å². The summed E-state index contributed by atoms with van der Waals surface area (Å²) in [4.78, 5) is 0. The fourth-order valence-electron chi connectivity index (χ4n) is 7.74. The number of hydrogen-bond donors (Lipinski definition) is 0. The van der Waals surface area contributed by atoms with Crippen LogP contribution in [0.15, 0.2) is 12.1 Å². The van der Waals surface area contributed by atoms with Crippen LogP contribution in [0.1, 0.15) is 134 Å². The van der Waals surface area contributed by atoms with Crippen LogP contribution in [0.2, 0.25) is 0 Å². The van der Waals surface area contributed by atoms with Crippen molar-refractivity contribution in [3.8, 4) is 0 Å². The molecule has 4 unspecified atom stereocenters. The Hall–Kier alpha value is -0.920. The van der Waals surface area contributed by atoms with E-state index in [2.05, 4.69) is 13.8 Å². The summed E-state index contributed by atoms with van der Waals surface area (Å²) in [5.74, 6) is 4.30. The monoisotopic (exact) mass is 458 g/mol. The molecule has 1 aromatic carbocycles. The molecule has 186 valence electrons. The Kier molecular flexibility index (Phi) is 9.28. The van der Waals surface area contributed by atoms with Crippen LogP contribution in [0.25, 0.3) is 0 Å². The predicted molar refractivity (Wildman–Crippen MR) is 135 cm³/mol. The molecule has 3 saturated carbocycles. The minimum Gasteiger partial charge on any atom is -0.207 e. The van der Waals surface area contributed by atoms with Crippen LogP contribution in [0.4, 0.5) is 8.78 Å². The van der Waals surface area contributed by atoms with E-state index in [1.165, 1.54) is 77.0 Å². The van der Waals surface area contributed by atoms with Gasteiger partial charge in [0.1, 0.15) is 11.6 Å². The lowest BCUT2D eigenvalue weighted by atomic mass is 9.60. The number of benzene rings is 1. The highest BCUT2D eigenvalue weighted by Crippen LogP contribution is 2.51. The Labute approximate surface area is 202 Å². The van der Waals surface area contributed by atoms with Gasteiger partial charge in [-0.3, -0.25) is 0 Å². The molecule has 3 fully saturated rings. The number of fused-ring (bicyclic) bond motifs is 1. The number of unbranched alkanes of at least 4 members (excludes halogenated alkanes) is 3. The van der Waals surface area contributed by atoms with E-state index in [0.29, 0.717) is 17.9 Å². The van der Waals surface area contributed by atoms with Gasteiger partial charge in [0.05, 0.1) is 0 Å². The van der Waals surface area contributed by atoms with Crippen molar-refractivity contribution in [2.24, 2.45) is 29.6 Å². The van der Waals surface area contributed by atoms with Gasteiger partial charge in [0.15, 0.2) is 0 Å². The maximum atomic E-state index is 14.7. The van der Waals surface area contributed by atoms with Crippen LogP contribution in [0.3, 0.4) is 0 Å². The Bertz CT molecular complexity index is 709. The first kappa shape index (κ1) is 25.2. The van der Waals surface area contributed by atoms with Crippen molar-refractivity contribution in [1.82, 2.24) is 0 Å². The highest BCUT2D eigenvalue weighted by molar-refractivity contribution is 5.29. The van der Waals surface area contributed by atoms with Gasteiger partial charge in [-0.05, 0) is 117 Å². The van der Waals surface area contributed by atoms with Gasteiger partial charge in [-0.25, -0.2) is 8.78 Å². The third-order valence-electron chi connectivity index (χ3n) is 9.84. The first-order chi connectivity index (χ1) is 16.1. The topological polar surface area (TPSA) is 0 Å². The summed E-state index contributed by atoms with van der Waals surface area (Å²) in [6.45, 7) is 4.37. The van der Waals surface area contributed by atoms with Gasteiger partial charge in [-0.15, -0.1) is 0 Å². The molecule has 0 spiro atoms. The molecule has 1 aromatic rings. The predicted octanol–water partition coefficient (Wildman–Crippen LogP) is 9.99. The van der Waals surface area contributed by atoms with Crippen molar-refractivity contribution in [3.63, 3.8) is 0 Å². The second-order valence-corrected chi connectivity index (χ2v) is 11.9. The quantitative estimate of drug-likeness (QED) is 0.323. The van der Waals surface area contributed by atoms with Gasteiger partial charge < -0.3 is 0 Å². The third-order valence-corrected chi connectivity index (χ3v) is 9.84. The Morgan fingerprint density at radius 1 is 0.667 bits per heavy atom. The van der Waals surface area contributed by atoms with E-state index in [9.17, 15) is 8.78 Å². The smallest absolute Gasteiger partial charge is 0.129 e. The molecule has 33 heavy (non-hydrogen) atoms. The van der Waals surface area contributed by atoms with Crippen molar-refractivity contribution in [2.45, 2.75) is 129 Å². The molecule has 3 aliphatic carbocycles. The summed E-state index contributed by atoms with van der Waals surface area (Å²) < 4.78 is 29.3. The maximum Gasteiger partial charge on any atom is 0.129 e. The molecule has 0 aromatic heterocycles. The molecule has 4 rings (SSSR count). The molecule has 0 amide bonds. The summed E-state index contributed by atoms with van der Waals surface area (Å²) in [5, 5.41) is 0. The average molecular weight is 459 g/mol. The van der Waals surface area contributed by atoms with Gasteiger partial charge in [-0.2, -0.15) is 0 Å². The molecule has 3 aliphatic rings. The lowest BCUT2D eigenvalue weighted by Gasteiger charge is -2.45. The Morgan fingerprint density at radius 3 is 1.91 bits per heavy atom. The van der Waals surface area contributed by atoms with Crippen LogP contribution in [-0.4, -0.2) is 0 Å². The molecular weight excluding hydrogens is 410 g/mol. The van der Waals surface area contributed by atoms with Gasteiger partial charge >= 0.3 is 0 Å². The number of rotatable bonds is 9. The first-order valence-corrected chi connectivity index (χ1v) is 14.6. The fourth-order valence-corrected chi connectivity index (χ4v) is 7.74. The van der Waals surface area contributed by atoms with Crippen LogP contribution in [0.5, 0.6) is 0 Å². The number of hydrogen-bond acceptors (Lipinski definition) is 0. The molecule has 0 aliphatic heterocycles. The van der Waals surface area contributed by atoms with Gasteiger partial charge in [0.2, 0.25) is 0 Å². The van der Waals surface area contributed by atoms with Gasteiger partial charge in [0.25, 0.3) is 0 Å². The minimum atomic E-state index is -0.311. The normalized spacial score (nSPS) is 32.5. The first-order valence-electron chi connectivity index (χ1n) is 14.6. The average Bonchev–Trinajstić information content (AvgIpc) is 2.83. The molecule has 0 bridgehead atoms. The van der Waals surface area contributed by atoms with Crippen molar-refractivity contribution < 1.29 is 8.78 Å². The van der Waals surface area contributed by atoms with Crippen LogP contribution >= 0.6 is 0 Å². The van der Waals surface area contributed by atoms with Crippen molar-refractivity contribution >= 4 is 0 Å². The second-order valence-electron chi connectivity index (χ2n) is 11.9. The Morgan fingerprint density at radius 2 is 1.24 bits per heavy atom. The van der Waals surface area contributed by atoms with Gasteiger partial charge in [-0.1, -0.05) is 58.8 Å². The van der Waals surface area contributed by atoms with E-state index < -0.39 is 0 Å². The molecule has 2 heteroatoms. The lowest BCUT2D eigenvalue weighted by molar-refractivity contribution is 0.0709. The molecular formula is C31H48F2. The molecule has 0 N–H and O–H groups in total. The largest absolute Gasteiger partial charge is 0.207 e. The zero-order chi connectivity index (χ0) is 23.2. The fraction of sp³-hybridized carbons (Fsp3) is 0.806. The summed E-state index contributed by atoms with van der Waals surface area (Å²) in [5.41, 5.74) is 1.22. The molecule has 0 radical (unpaired) electrons. The zero-order valence-corrected chi connectivity index (χ0v) is 21.4. The molecule has 0 heterocycles. The van der Waals surface area contributed by atoms with E-state index in [4.69, 9.17) is 0 Å². The van der Waals surface area contributed by atoms with Crippen LogP contribution < -0.4 is 0 Å².